The Bertz CT molecular complexity index is 1090. The first kappa shape index (κ1) is 19.8. The molecule has 3 aromatic rings. The van der Waals surface area contributed by atoms with E-state index in [-0.39, 0.29) is 12.0 Å². The molecule has 3 rings (SSSR count). The van der Waals surface area contributed by atoms with E-state index in [2.05, 4.69) is 11.8 Å². The van der Waals surface area contributed by atoms with Crippen LogP contribution >= 0.6 is 0 Å². The minimum absolute atomic E-state index is 0.123. The summed E-state index contributed by atoms with van der Waals surface area (Å²) in [5, 5.41) is 0.720. The van der Waals surface area contributed by atoms with Gasteiger partial charge in [-0.05, 0) is 47.9 Å². The first-order chi connectivity index (χ1) is 13.3. The zero-order valence-electron chi connectivity index (χ0n) is 14.8. The summed E-state index contributed by atoms with van der Waals surface area (Å²) < 4.78 is 83.2. The Morgan fingerprint density at radius 3 is 1.93 bits per heavy atom. The maximum absolute atomic E-state index is 14.2. The van der Waals surface area contributed by atoms with Crippen LogP contribution in [-0.4, -0.2) is 0 Å². The van der Waals surface area contributed by atoms with Crippen LogP contribution in [0.5, 0.6) is 0 Å². The van der Waals surface area contributed by atoms with E-state index >= 15 is 0 Å². The van der Waals surface area contributed by atoms with Crippen molar-refractivity contribution in [1.82, 2.24) is 0 Å². The molecule has 0 amide bonds. The lowest BCUT2D eigenvalue weighted by atomic mass is 10.0. The predicted molar refractivity (Wildman–Crippen MR) is 94.7 cm³/mol. The fourth-order valence-corrected chi connectivity index (χ4v) is 2.81. The summed E-state index contributed by atoms with van der Waals surface area (Å²) in [4.78, 5) is 0. The lowest BCUT2D eigenvalue weighted by Crippen LogP contribution is -2.07. The molecule has 0 fully saturated rings. The second-order valence-corrected chi connectivity index (χ2v) is 6.29. The summed E-state index contributed by atoms with van der Waals surface area (Å²) >= 11 is 0. The molecule has 0 atom stereocenters. The number of rotatable bonds is 3. The van der Waals surface area contributed by atoms with Crippen molar-refractivity contribution in [2.24, 2.45) is 0 Å². The lowest BCUT2D eigenvalue weighted by Gasteiger charge is -2.08. The van der Waals surface area contributed by atoms with E-state index in [0.717, 1.165) is 12.1 Å². The van der Waals surface area contributed by atoms with Crippen LogP contribution in [0.3, 0.4) is 0 Å². The molecule has 0 nitrogen and oxygen atoms in total. The highest BCUT2D eigenvalue weighted by atomic mass is 19.2. The van der Waals surface area contributed by atoms with Crippen molar-refractivity contribution in [1.29, 1.82) is 0 Å². The topological polar surface area (TPSA) is 0 Å². The normalized spacial score (nSPS) is 10.8. The van der Waals surface area contributed by atoms with Gasteiger partial charge in [0.1, 0.15) is 5.56 Å². The van der Waals surface area contributed by atoms with Crippen LogP contribution in [0.1, 0.15) is 36.5 Å². The minimum atomic E-state index is -1.55. The molecule has 144 valence electrons. The van der Waals surface area contributed by atoms with Gasteiger partial charge >= 0.3 is 0 Å². The SMILES string of the molecule is CCCCc1c(F)c(F)c(C#Cc2ccc3cc(F)c(F)cc3c2)c(F)c1F. The summed E-state index contributed by atoms with van der Waals surface area (Å²) in [7, 11) is 0. The molecule has 0 saturated heterocycles. The molecule has 3 aromatic carbocycles. The molecule has 0 heterocycles. The lowest BCUT2D eigenvalue weighted by molar-refractivity contribution is 0.434. The smallest absolute Gasteiger partial charge is 0.177 e. The van der Waals surface area contributed by atoms with Crippen molar-refractivity contribution in [3.05, 3.63) is 81.9 Å². The molecule has 6 heteroatoms. The summed E-state index contributed by atoms with van der Waals surface area (Å²) in [5.41, 5.74) is -1.43. The van der Waals surface area contributed by atoms with Crippen LogP contribution in [-0.2, 0) is 6.42 Å². The van der Waals surface area contributed by atoms with Crippen LogP contribution in [0.25, 0.3) is 10.8 Å². The molecule has 0 bridgehead atoms. The average molecular weight is 392 g/mol. The third-order valence-corrected chi connectivity index (χ3v) is 4.35. The zero-order chi connectivity index (χ0) is 20.4. The van der Waals surface area contributed by atoms with Crippen LogP contribution < -0.4 is 0 Å². The summed E-state index contributed by atoms with van der Waals surface area (Å²) in [6.07, 6.45) is 0.866. The fourth-order valence-electron chi connectivity index (χ4n) is 2.81. The second-order valence-electron chi connectivity index (χ2n) is 6.29. The Balaban J connectivity index is 2.04. The number of halogens is 6. The van der Waals surface area contributed by atoms with Crippen molar-refractivity contribution in [3.63, 3.8) is 0 Å². The van der Waals surface area contributed by atoms with Gasteiger partial charge in [0, 0.05) is 11.1 Å². The molecule has 0 spiro atoms. The van der Waals surface area contributed by atoms with E-state index in [1.54, 1.807) is 6.92 Å². The summed E-state index contributed by atoms with van der Waals surface area (Å²) in [6.45, 7) is 1.78. The summed E-state index contributed by atoms with van der Waals surface area (Å²) in [5.74, 6) is -3.55. The van der Waals surface area contributed by atoms with Gasteiger partial charge in [-0.3, -0.25) is 0 Å². The number of fused-ring (bicyclic) bond motifs is 1. The fraction of sp³-hybridized carbons (Fsp3) is 0.182. The van der Waals surface area contributed by atoms with E-state index in [1.807, 2.05) is 0 Å². The molecular formula is C22H14F6. The third-order valence-electron chi connectivity index (χ3n) is 4.35. The predicted octanol–water partition coefficient (Wildman–Crippen LogP) is 6.42. The van der Waals surface area contributed by atoms with Crippen molar-refractivity contribution >= 4 is 10.8 Å². The molecular weight excluding hydrogens is 378 g/mol. The van der Waals surface area contributed by atoms with Gasteiger partial charge in [0.05, 0.1) is 0 Å². The number of hydrogen-bond acceptors (Lipinski definition) is 0. The third kappa shape index (κ3) is 3.70. The Kier molecular flexibility index (Phi) is 5.64. The van der Waals surface area contributed by atoms with E-state index < -0.39 is 46.0 Å². The highest BCUT2D eigenvalue weighted by Gasteiger charge is 2.24. The van der Waals surface area contributed by atoms with E-state index in [1.165, 1.54) is 18.2 Å². The quantitative estimate of drug-likeness (QED) is 0.274. The van der Waals surface area contributed by atoms with Gasteiger partial charge in [-0.2, -0.15) is 0 Å². The zero-order valence-corrected chi connectivity index (χ0v) is 14.8. The highest BCUT2D eigenvalue weighted by Crippen LogP contribution is 2.25. The van der Waals surface area contributed by atoms with Gasteiger partial charge in [0.15, 0.2) is 34.9 Å². The molecule has 28 heavy (non-hydrogen) atoms. The van der Waals surface area contributed by atoms with E-state index in [9.17, 15) is 26.3 Å². The molecule has 0 aliphatic carbocycles. The van der Waals surface area contributed by atoms with Crippen LogP contribution in [0, 0.1) is 46.7 Å². The van der Waals surface area contributed by atoms with Crippen molar-refractivity contribution < 1.29 is 26.3 Å². The van der Waals surface area contributed by atoms with Crippen molar-refractivity contribution in [2.75, 3.05) is 0 Å². The van der Waals surface area contributed by atoms with Crippen LogP contribution in [0.15, 0.2) is 30.3 Å². The van der Waals surface area contributed by atoms with Crippen LogP contribution in [0.4, 0.5) is 26.3 Å². The number of benzene rings is 3. The van der Waals surface area contributed by atoms with E-state index in [4.69, 9.17) is 0 Å². The van der Waals surface area contributed by atoms with Crippen LogP contribution in [0.2, 0.25) is 0 Å². The molecule has 0 unspecified atom stereocenters. The largest absolute Gasteiger partial charge is 0.204 e. The van der Waals surface area contributed by atoms with Gasteiger partial charge in [-0.15, -0.1) is 0 Å². The first-order valence-electron chi connectivity index (χ1n) is 8.59. The maximum atomic E-state index is 14.2. The Morgan fingerprint density at radius 2 is 1.32 bits per heavy atom. The second kappa shape index (κ2) is 7.97. The van der Waals surface area contributed by atoms with Gasteiger partial charge in [-0.1, -0.05) is 31.3 Å². The summed E-state index contributed by atoms with van der Waals surface area (Å²) in [6, 6.07) is 6.21. The maximum Gasteiger partial charge on any atom is 0.177 e. The first-order valence-corrected chi connectivity index (χ1v) is 8.59. The molecule has 0 N–H and O–H groups in total. The van der Waals surface area contributed by atoms with Crippen molar-refractivity contribution in [3.8, 4) is 11.8 Å². The molecule has 0 aliphatic heterocycles. The van der Waals surface area contributed by atoms with Gasteiger partial charge in [0.2, 0.25) is 0 Å². The Hall–Kier alpha value is -2.94. The number of unbranched alkanes of at least 4 members (excludes halogenated alkanes) is 1. The minimum Gasteiger partial charge on any atom is -0.204 e. The van der Waals surface area contributed by atoms with Gasteiger partial charge in [0.25, 0.3) is 0 Å². The van der Waals surface area contributed by atoms with Gasteiger partial charge in [-0.25, -0.2) is 26.3 Å². The molecule has 0 aromatic heterocycles. The highest BCUT2D eigenvalue weighted by molar-refractivity contribution is 5.84. The molecule has 0 saturated carbocycles. The molecule has 0 radical (unpaired) electrons. The van der Waals surface area contributed by atoms with Gasteiger partial charge < -0.3 is 0 Å². The van der Waals surface area contributed by atoms with Crippen molar-refractivity contribution in [2.45, 2.75) is 26.2 Å². The average Bonchev–Trinajstić information content (AvgIpc) is 2.67. The monoisotopic (exact) mass is 392 g/mol. The number of hydrogen-bond donors (Lipinski definition) is 0. The van der Waals surface area contributed by atoms with E-state index in [0.29, 0.717) is 23.6 Å². The Labute approximate surface area is 157 Å². The molecule has 0 aliphatic rings. The Morgan fingerprint density at radius 1 is 0.714 bits per heavy atom. The standard InChI is InChI=1S/C22H14F6/c1-2-3-4-15-19(25)21(27)16(22(28)20(15)26)8-6-12-5-7-13-10-17(23)18(24)11-14(13)9-12/h5,7,9-11H,2-4H2,1H3.